The van der Waals surface area contributed by atoms with Gasteiger partial charge in [0.1, 0.15) is 0 Å². The lowest BCUT2D eigenvalue weighted by Crippen LogP contribution is -2.39. The minimum atomic E-state index is 0.336. The molecule has 1 saturated carbocycles. The summed E-state index contributed by atoms with van der Waals surface area (Å²) in [6, 6.07) is 0.484. The fraction of sp³-hybridized carbons (Fsp3) is 0.941. The summed E-state index contributed by atoms with van der Waals surface area (Å²) >= 11 is 0. The highest BCUT2D eigenvalue weighted by Gasteiger charge is 2.24. The van der Waals surface area contributed by atoms with Crippen LogP contribution < -0.4 is 5.73 Å². The van der Waals surface area contributed by atoms with Gasteiger partial charge in [0.25, 0.3) is 0 Å². The molecule has 118 valence electrons. The van der Waals surface area contributed by atoms with Gasteiger partial charge in [-0.25, -0.2) is 0 Å². The predicted molar refractivity (Wildman–Crippen MR) is 85.5 cm³/mol. The number of hydrogen-bond acceptors (Lipinski definition) is 2. The van der Waals surface area contributed by atoms with Crippen molar-refractivity contribution in [1.82, 2.24) is 4.90 Å². The maximum atomic E-state index is 12.3. The zero-order valence-corrected chi connectivity index (χ0v) is 13.7. The maximum Gasteiger partial charge on any atom is 0.222 e. The Hall–Kier alpha value is -0.570. The Morgan fingerprint density at radius 3 is 2.40 bits per heavy atom. The molecule has 1 atom stereocenters. The van der Waals surface area contributed by atoms with Crippen molar-refractivity contribution in [3.8, 4) is 0 Å². The van der Waals surface area contributed by atoms with Gasteiger partial charge in [-0.15, -0.1) is 0 Å². The number of nitrogens with two attached hydrogens (primary N) is 1. The molecule has 0 saturated heterocycles. The molecule has 1 rings (SSSR count). The smallest absolute Gasteiger partial charge is 0.222 e. The Balaban J connectivity index is 2.33. The van der Waals surface area contributed by atoms with Gasteiger partial charge in [-0.2, -0.15) is 0 Å². The number of nitrogens with zero attached hydrogens (tertiary/aromatic N) is 1. The first-order valence-electron chi connectivity index (χ1n) is 8.54. The molecule has 0 spiro atoms. The molecular formula is C17H34N2O. The van der Waals surface area contributed by atoms with E-state index >= 15 is 0 Å². The highest BCUT2D eigenvalue weighted by molar-refractivity contribution is 5.76. The SMILES string of the molecule is CCCC(CCN)CCC(=O)N(C)C1CCC(C)CC1. The van der Waals surface area contributed by atoms with E-state index in [0.29, 0.717) is 24.3 Å². The van der Waals surface area contributed by atoms with Crippen LogP contribution in [0.25, 0.3) is 0 Å². The van der Waals surface area contributed by atoms with E-state index in [1.54, 1.807) is 0 Å². The lowest BCUT2D eigenvalue weighted by atomic mass is 9.86. The van der Waals surface area contributed by atoms with E-state index in [1.807, 2.05) is 11.9 Å². The summed E-state index contributed by atoms with van der Waals surface area (Å²) in [6.07, 6.45) is 10.1. The fourth-order valence-electron chi connectivity index (χ4n) is 3.41. The topological polar surface area (TPSA) is 46.3 Å². The number of amides is 1. The van der Waals surface area contributed by atoms with Crippen LogP contribution in [0.15, 0.2) is 0 Å². The Morgan fingerprint density at radius 2 is 1.85 bits per heavy atom. The minimum Gasteiger partial charge on any atom is -0.343 e. The number of hydrogen-bond donors (Lipinski definition) is 1. The van der Waals surface area contributed by atoms with Crippen LogP contribution in [-0.2, 0) is 4.79 Å². The molecule has 1 unspecified atom stereocenters. The standard InChI is InChI=1S/C17H34N2O/c1-4-5-15(12-13-18)8-11-17(20)19(3)16-9-6-14(2)7-10-16/h14-16H,4-13,18H2,1-3H3. The van der Waals surface area contributed by atoms with Gasteiger partial charge in [-0.3, -0.25) is 4.79 Å². The molecular weight excluding hydrogens is 248 g/mol. The average molecular weight is 282 g/mol. The zero-order valence-electron chi connectivity index (χ0n) is 13.7. The van der Waals surface area contributed by atoms with Crippen molar-refractivity contribution >= 4 is 5.91 Å². The van der Waals surface area contributed by atoms with E-state index in [-0.39, 0.29) is 0 Å². The second-order valence-corrected chi connectivity index (χ2v) is 6.69. The second kappa shape index (κ2) is 9.38. The molecule has 3 heteroatoms. The highest BCUT2D eigenvalue weighted by atomic mass is 16.2. The second-order valence-electron chi connectivity index (χ2n) is 6.69. The molecule has 0 aromatic heterocycles. The summed E-state index contributed by atoms with van der Waals surface area (Å²) in [5.41, 5.74) is 5.66. The Morgan fingerprint density at radius 1 is 1.20 bits per heavy atom. The van der Waals surface area contributed by atoms with Crippen LogP contribution in [0.5, 0.6) is 0 Å². The van der Waals surface area contributed by atoms with Crippen molar-refractivity contribution < 1.29 is 4.79 Å². The molecule has 0 heterocycles. The molecule has 2 N–H and O–H groups in total. The number of carbonyl (C=O) groups is 1. The molecule has 1 amide bonds. The monoisotopic (exact) mass is 282 g/mol. The van der Waals surface area contributed by atoms with E-state index in [4.69, 9.17) is 5.73 Å². The van der Waals surface area contributed by atoms with Gasteiger partial charge in [-0.1, -0.05) is 26.7 Å². The van der Waals surface area contributed by atoms with Crippen LogP contribution in [0.2, 0.25) is 0 Å². The van der Waals surface area contributed by atoms with Crippen LogP contribution in [-0.4, -0.2) is 30.4 Å². The molecule has 20 heavy (non-hydrogen) atoms. The van der Waals surface area contributed by atoms with E-state index in [9.17, 15) is 4.79 Å². The summed E-state index contributed by atoms with van der Waals surface area (Å²) in [4.78, 5) is 14.4. The maximum absolute atomic E-state index is 12.3. The largest absolute Gasteiger partial charge is 0.343 e. The predicted octanol–water partition coefficient (Wildman–Crippen LogP) is 3.57. The first kappa shape index (κ1) is 17.5. The third kappa shape index (κ3) is 5.82. The minimum absolute atomic E-state index is 0.336. The summed E-state index contributed by atoms with van der Waals surface area (Å²) in [5, 5.41) is 0. The van der Waals surface area contributed by atoms with Crippen molar-refractivity contribution in [1.29, 1.82) is 0 Å². The van der Waals surface area contributed by atoms with Gasteiger partial charge in [0.05, 0.1) is 0 Å². The van der Waals surface area contributed by atoms with Gasteiger partial charge in [0.2, 0.25) is 5.91 Å². The van der Waals surface area contributed by atoms with Crippen LogP contribution in [0.4, 0.5) is 0 Å². The molecule has 0 aromatic rings. The third-order valence-corrected chi connectivity index (χ3v) is 4.96. The van der Waals surface area contributed by atoms with E-state index in [2.05, 4.69) is 13.8 Å². The normalized spacial score (nSPS) is 24.4. The number of carbonyl (C=O) groups excluding carboxylic acids is 1. The van der Waals surface area contributed by atoms with E-state index in [0.717, 1.165) is 25.3 Å². The quantitative estimate of drug-likeness (QED) is 0.740. The van der Waals surface area contributed by atoms with Crippen molar-refractivity contribution in [2.45, 2.75) is 77.7 Å². The van der Waals surface area contributed by atoms with Crippen molar-refractivity contribution in [3.05, 3.63) is 0 Å². The molecule has 1 fully saturated rings. The molecule has 1 aliphatic carbocycles. The molecule has 3 nitrogen and oxygen atoms in total. The Bertz CT molecular complexity index is 266. The van der Waals surface area contributed by atoms with Gasteiger partial charge in [-0.05, 0) is 56.9 Å². The van der Waals surface area contributed by atoms with Crippen LogP contribution in [0.3, 0.4) is 0 Å². The van der Waals surface area contributed by atoms with Crippen LogP contribution in [0, 0.1) is 11.8 Å². The molecule has 0 bridgehead atoms. The van der Waals surface area contributed by atoms with Gasteiger partial charge in [0.15, 0.2) is 0 Å². The van der Waals surface area contributed by atoms with Crippen molar-refractivity contribution in [3.63, 3.8) is 0 Å². The third-order valence-electron chi connectivity index (χ3n) is 4.96. The zero-order chi connectivity index (χ0) is 15.0. The van der Waals surface area contributed by atoms with Gasteiger partial charge >= 0.3 is 0 Å². The molecule has 0 aliphatic heterocycles. The summed E-state index contributed by atoms with van der Waals surface area (Å²) in [5.74, 6) is 1.81. The first-order valence-corrected chi connectivity index (χ1v) is 8.54. The van der Waals surface area contributed by atoms with Crippen LogP contribution in [0.1, 0.15) is 71.6 Å². The summed E-state index contributed by atoms with van der Waals surface area (Å²) < 4.78 is 0. The molecule has 1 aliphatic rings. The van der Waals surface area contributed by atoms with Crippen LogP contribution >= 0.6 is 0 Å². The van der Waals surface area contributed by atoms with Crippen molar-refractivity contribution in [2.24, 2.45) is 17.6 Å². The number of rotatable bonds is 8. The van der Waals surface area contributed by atoms with Gasteiger partial charge in [0, 0.05) is 19.5 Å². The lowest BCUT2D eigenvalue weighted by Gasteiger charge is -2.34. The summed E-state index contributed by atoms with van der Waals surface area (Å²) in [6.45, 7) is 5.27. The Kier molecular flexibility index (Phi) is 8.20. The molecule has 0 radical (unpaired) electrons. The Labute approximate surface area is 125 Å². The van der Waals surface area contributed by atoms with Gasteiger partial charge < -0.3 is 10.6 Å². The van der Waals surface area contributed by atoms with Crippen molar-refractivity contribution in [2.75, 3.05) is 13.6 Å². The average Bonchev–Trinajstić information content (AvgIpc) is 2.45. The molecule has 0 aromatic carbocycles. The van der Waals surface area contributed by atoms with E-state index < -0.39 is 0 Å². The summed E-state index contributed by atoms with van der Waals surface area (Å²) in [7, 11) is 2.00. The van der Waals surface area contributed by atoms with E-state index in [1.165, 1.54) is 38.5 Å². The lowest BCUT2D eigenvalue weighted by molar-refractivity contribution is -0.133. The first-order chi connectivity index (χ1) is 9.58. The highest BCUT2D eigenvalue weighted by Crippen LogP contribution is 2.27. The fourth-order valence-corrected chi connectivity index (χ4v) is 3.41.